The van der Waals surface area contributed by atoms with E-state index in [0.717, 1.165) is 57.8 Å². The second-order valence-corrected chi connectivity index (χ2v) is 23.4. The number of rotatable bonds is 64. The Labute approximate surface area is 474 Å². The summed E-state index contributed by atoms with van der Waals surface area (Å²) in [6.07, 6.45) is 79.1. The lowest BCUT2D eigenvalue weighted by Gasteiger charge is -2.18. The fourth-order valence-corrected chi connectivity index (χ4v) is 10.5. The van der Waals surface area contributed by atoms with E-state index in [9.17, 15) is 14.4 Å². The zero-order valence-electron chi connectivity index (χ0n) is 51.6. The zero-order chi connectivity index (χ0) is 55.0. The molecule has 0 aliphatic rings. The van der Waals surface area contributed by atoms with E-state index >= 15 is 0 Å². The molecule has 0 amide bonds. The molecule has 0 fully saturated rings. The van der Waals surface area contributed by atoms with Crippen LogP contribution in [0, 0.1) is 0 Å². The summed E-state index contributed by atoms with van der Waals surface area (Å²) in [6, 6.07) is 0. The molecule has 0 aliphatic heterocycles. The Kier molecular flexibility index (Phi) is 63.6. The molecule has 0 saturated heterocycles. The molecule has 6 nitrogen and oxygen atoms in total. The van der Waals surface area contributed by atoms with Crippen LogP contribution in [0.15, 0.2) is 24.3 Å². The van der Waals surface area contributed by atoms with Crippen molar-refractivity contribution in [3.8, 4) is 0 Å². The smallest absolute Gasteiger partial charge is 0.306 e. The van der Waals surface area contributed by atoms with E-state index in [1.807, 2.05) is 0 Å². The summed E-state index contributed by atoms with van der Waals surface area (Å²) in [6.45, 7) is 6.71. The molecule has 0 radical (unpaired) electrons. The van der Waals surface area contributed by atoms with Gasteiger partial charge in [0.05, 0.1) is 0 Å². The minimum absolute atomic E-state index is 0.0679. The van der Waals surface area contributed by atoms with Crippen molar-refractivity contribution in [3.63, 3.8) is 0 Å². The third kappa shape index (κ3) is 62.7. The standard InChI is InChI=1S/C70H132O6/c1-4-7-10-13-16-19-22-25-28-31-33-34-35-37-39-42-45-48-51-54-57-60-63-69(72)75-66-67(65-74-68(71)62-59-56-53-50-47-44-41-38-30-27-24-21-18-15-12-9-6-3)76-70(73)64-61-58-55-52-49-46-43-40-36-32-29-26-23-20-17-14-11-8-5-2/h26-27,29-30,67H,4-25,28,31-66H2,1-3H3/b29-26-,30-27-. The normalized spacial score (nSPS) is 12.1. The number of esters is 3. The van der Waals surface area contributed by atoms with Gasteiger partial charge < -0.3 is 14.2 Å². The fourth-order valence-electron chi connectivity index (χ4n) is 10.5. The fraction of sp³-hybridized carbons (Fsp3) is 0.900. The van der Waals surface area contributed by atoms with E-state index in [2.05, 4.69) is 45.1 Å². The number of carbonyl (C=O) groups is 3. The van der Waals surface area contributed by atoms with Crippen LogP contribution in [0.3, 0.4) is 0 Å². The molecule has 0 rings (SSSR count). The first-order valence-electron chi connectivity index (χ1n) is 34.3. The highest BCUT2D eigenvalue weighted by atomic mass is 16.6. The molecule has 1 atom stereocenters. The molecule has 0 saturated carbocycles. The van der Waals surface area contributed by atoms with Gasteiger partial charge in [-0.1, -0.05) is 321 Å². The third-order valence-electron chi connectivity index (χ3n) is 15.7. The molecule has 0 aromatic rings. The maximum Gasteiger partial charge on any atom is 0.306 e. The first kappa shape index (κ1) is 73.9. The molecule has 0 N–H and O–H groups in total. The van der Waals surface area contributed by atoms with Crippen molar-refractivity contribution in [2.45, 2.75) is 393 Å². The minimum Gasteiger partial charge on any atom is -0.462 e. The Morgan fingerprint density at radius 1 is 0.250 bits per heavy atom. The van der Waals surface area contributed by atoms with Crippen molar-refractivity contribution in [2.24, 2.45) is 0 Å². The van der Waals surface area contributed by atoms with Gasteiger partial charge in [0.1, 0.15) is 13.2 Å². The summed E-state index contributed by atoms with van der Waals surface area (Å²) in [7, 11) is 0. The number of allylic oxidation sites excluding steroid dienone is 4. The maximum absolute atomic E-state index is 12.9. The van der Waals surface area contributed by atoms with Crippen LogP contribution in [0.5, 0.6) is 0 Å². The van der Waals surface area contributed by atoms with Gasteiger partial charge in [-0.25, -0.2) is 0 Å². The largest absolute Gasteiger partial charge is 0.462 e. The summed E-state index contributed by atoms with van der Waals surface area (Å²) in [4.78, 5) is 38.4. The second kappa shape index (κ2) is 65.4. The van der Waals surface area contributed by atoms with Gasteiger partial charge in [0, 0.05) is 19.3 Å². The highest BCUT2D eigenvalue weighted by molar-refractivity contribution is 5.71. The van der Waals surface area contributed by atoms with Gasteiger partial charge in [0.25, 0.3) is 0 Å². The van der Waals surface area contributed by atoms with Crippen LogP contribution in [0.1, 0.15) is 387 Å². The van der Waals surface area contributed by atoms with Gasteiger partial charge in [0.2, 0.25) is 0 Å². The summed E-state index contributed by atoms with van der Waals surface area (Å²) in [5, 5.41) is 0. The highest BCUT2D eigenvalue weighted by Crippen LogP contribution is 2.18. The van der Waals surface area contributed by atoms with Crippen LogP contribution < -0.4 is 0 Å². The predicted molar refractivity (Wildman–Crippen MR) is 330 cm³/mol. The molecule has 6 heteroatoms. The maximum atomic E-state index is 12.9. The first-order chi connectivity index (χ1) is 37.5. The summed E-state index contributed by atoms with van der Waals surface area (Å²) in [5.41, 5.74) is 0. The van der Waals surface area contributed by atoms with Crippen LogP contribution in [-0.2, 0) is 28.6 Å². The minimum atomic E-state index is -0.772. The van der Waals surface area contributed by atoms with E-state index in [1.165, 1.54) is 289 Å². The molecule has 0 bridgehead atoms. The van der Waals surface area contributed by atoms with E-state index in [0.29, 0.717) is 19.3 Å². The monoisotopic (exact) mass is 1070 g/mol. The lowest BCUT2D eigenvalue weighted by atomic mass is 10.0. The van der Waals surface area contributed by atoms with Crippen LogP contribution in [0.25, 0.3) is 0 Å². The Bertz CT molecular complexity index is 1230. The molecule has 76 heavy (non-hydrogen) atoms. The van der Waals surface area contributed by atoms with Gasteiger partial charge in [-0.15, -0.1) is 0 Å². The first-order valence-corrected chi connectivity index (χ1v) is 34.3. The Hall–Kier alpha value is -2.11. The average molecular weight is 1070 g/mol. The zero-order valence-corrected chi connectivity index (χ0v) is 51.6. The van der Waals surface area contributed by atoms with E-state index in [-0.39, 0.29) is 31.1 Å². The Morgan fingerprint density at radius 3 is 0.658 bits per heavy atom. The molecule has 0 heterocycles. The van der Waals surface area contributed by atoms with E-state index in [1.54, 1.807) is 0 Å². The van der Waals surface area contributed by atoms with Crippen LogP contribution in [-0.4, -0.2) is 37.2 Å². The number of hydrogen-bond acceptors (Lipinski definition) is 6. The van der Waals surface area contributed by atoms with E-state index in [4.69, 9.17) is 14.2 Å². The highest BCUT2D eigenvalue weighted by Gasteiger charge is 2.19. The quantitative estimate of drug-likeness (QED) is 0.0261. The van der Waals surface area contributed by atoms with Crippen molar-refractivity contribution >= 4 is 17.9 Å². The van der Waals surface area contributed by atoms with Gasteiger partial charge >= 0.3 is 17.9 Å². The Morgan fingerprint density at radius 2 is 0.434 bits per heavy atom. The summed E-state index contributed by atoms with van der Waals surface area (Å²) in [5.74, 6) is -0.844. The van der Waals surface area contributed by atoms with Crippen molar-refractivity contribution < 1.29 is 28.6 Å². The molecule has 448 valence electrons. The number of carbonyl (C=O) groups excluding carboxylic acids is 3. The topological polar surface area (TPSA) is 78.9 Å². The molecule has 0 spiro atoms. The van der Waals surface area contributed by atoms with Crippen LogP contribution in [0.2, 0.25) is 0 Å². The van der Waals surface area contributed by atoms with E-state index < -0.39 is 6.10 Å². The third-order valence-corrected chi connectivity index (χ3v) is 15.7. The van der Waals surface area contributed by atoms with Crippen LogP contribution >= 0.6 is 0 Å². The SMILES string of the molecule is CCCCCCCC/C=C\CCCCCCCCCCCC(=O)OC(COC(=O)CCCCCCCCC/C=C\CCCCCCCC)COC(=O)CCCCCCCCCCCCCCCCCCCCCCCC. The lowest BCUT2D eigenvalue weighted by molar-refractivity contribution is -0.167. The van der Waals surface area contributed by atoms with Crippen molar-refractivity contribution in [2.75, 3.05) is 13.2 Å². The average Bonchev–Trinajstić information content (AvgIpc) is 3.42. The molecule has 0 aromatic carbocycles. The molecule has 0 aromatic heterocycles. The number of hydrogen-bond donors (Lipinski definition) is 0. The Balaban J connectivity index is 4.30. The lowest BCUT2D eigenvalue weighted by Crippen LogP contribution is -2.30. The molecular formula is C70H132O6. The predicted octanol–water partition coefficient (Wildman–Crippen LogP) is 23.4. The van der Waals surface area contributed by atoms with Gasteiger partial charge in [-0.3, -0.25) is 14.4 Å². The summed E-state index contributed by atoms with van der Waals surface area (Å²) >= 11 is 0. The second-order valence-electron chi connectivity index (χ2n) is 23.4. The molecular weight excluding hydrogens is 937 g/mol. The van der Waals surface area contributed by atoms with Crippen LogP contribution in [0.4, 0.5) is 0 Å². The summed E-state index contributed by atoms with van der Waals surface area (Å²) < 4.78 is 17.0. The van der Waals surface area contributed by atoms with Gasteiger partial charge in [-0.2, -0.15) is 0 Å². The van der Waals surface area contributed by atoms with Gasteiger partial charge in [-0.05, 0) is 70.6 Å². The van der Waals surface area contributed by atoms with Gasteiger partial charge in [0.15, 0.2) is 6.10 Å². The van der Waals surface area contributed by atoms with Crippen molar-refractivity contribution in [1.29, 1.82) is 0 Å². The molecule has 0 aliphatic carbocycles. The number of ether oxygens (including phenoxy) is 3. The number of unbranched alkanes of at least 4 members (excludes halogenated alkanes) is 49. The van der Waals surface area contributed by atoms with Crippen molar-refractivity contribution in [1.82, 2.24) is 0 Å². The van der Waals surface area contributed by atoms with Crippen molar-refractivity contribution in [3.05, 3.63) is 24.3 Å². The molecule has 1 unspecified atom stereocenters.